The molecule has 0 aliphatic carbocycles. The van der Waals surface area contributed by atoms with Crippen LogP contribution in [0, 0.1) is 0 Å². The van der Waals surface area contributed by atoms with Crippen molar-refractivity contribution in [2.75, 3.05) is 13.2 Å². The molecular weight excluding hydrogens is 264 g/mol. The molecule has 0 N–H and O–H groups in total. The average molecular weight is 292 g/mol. The lowest BCUT2D eigenvalue weighted by atomic mass is 10.1. The summed E-state index contributed by atoms with van der Waals surface area (Å²) in [5.41, 5.74) is 1.41. The van der Waals surface area contributed by atoms with Crippen molar-refractivity contribution >= 4 is 6.16 Å². The van der Waals surface area contributed by atoms with E-state index in [4.69, 9.17) is 9.47 Å². The van der Waals surface area contributed by atoms with Crippen LogP contribution in [0.4, 0.5) is 4.79 Å². The minimum Gasteiger partial charge on any atom is -0.434 e. The predicted molar refractivity (Wildman–Crippen MR) is 85.4 cm³/mol. The van der Waals surface area contributed by atoms with E-state index in [1.807, 2.05) is 0 Å². The molecule has 21 heavy (non-hydrogen) atoms. The van der Waals surface area contributed by atoms with Gasteiger partial charge in [0.15, 0.2) is 0 Å². The number of benzene rings is 1. The summed E-state index contributed by atoms with van der Waals surface area (Å²) in [6, 6.07) is 10.6. The lowest BCUT2D eigenvalue weighted by Gasteiger charge is -2.05. The second-order valence-corrected chi connectivity index (χ2v) is 5.30. The van der Waals surface area contributed by atoms with E-state index in [2.05, 4.69) is 37.3 Å². The Hall–Kier alpha value is -1.51. The Morgan fingerprint density at radius 1 is 0.857 bits per heavy atom. The number of carbonyl (C=O) groups is 1. The van der Waals surface area contributed by atoms with Crippen molar-refractivity contribution in [1.29, 1.82) is 0 Å². The molecule has 0 saturated heterocycles. The summed E-state index contributed by atoms with van der Waals surface area (Å²) in [7, 11) is 0. The topological polar surface area (TPSA) is 35.5 Å². The highest BCUT2D eigenvalue weighted by molar-refractivity contribution is 5.59. The number of hydrogen-bond donors (Lipinski definition) is 0. The Kier molecular flexibility index (Phi) is 10.2. The summed E-state index contributed by atoms with van der Waals surface area (Å²) in [4.78, 5) is 11.2. The van der Waals surface area contributed by atoms with Crippen molar-refractivity contribution < 1.29 is 14.3 Å². The molecule has 1 aromatic rings. The lowest BCUT2D eigenvalue weighted by molar-refractivity contribution is 0.0532. The van der Waals surface area contributed by atoms with Crippen LogP contribution in [-0.2, 0) is 15.9 Å². The fourth-order valence-electron chi connectivity index (χ4n) is 2.10. The SMILES string of the molecule is CCCCOC(=O)OCCCCCCCc1ccccc1. The molecule has 0 aromatic heterocycles. The summed E-state index contributed by atoms with van der Waals surface area (Å²) in [6.07, 6.45) is 8.24. The van der Waals surface area contributed by atoms with Gasteiger partial charge in [-0.2, -0.15) is 0 Å². The van der Waals surface area contributed by atoms with Gasteiger partial charge < -0.3 is 9.47 Å². The maximum absolute atomic E-state index is 11.2. The van der Waals surface area contributed by atoms with Crippen LogP contribution in [0.5, 0.6) is 0 Å². The highest BCUT2D eigenvalue weighted by Crippen LogP contribution is 2.09. The van der Waals surface area contributed by atoms with Gasteiger partial charge in [-0.15, -0.1) is 0 Å². The van der Waals surface area contributed by atoms with Crippen molar-refractivity contribution in [2.24, 2.45) is 0 Å². The summed E-state index contributed by atoms with van der Waals surface area (Å²) in [5, 5.41) is 0. The molecule has 0 spiro atoms. The minimum absolute atomic E-state index is 0.467. The van der Waals surface area contributed by atoms with Gasteiger partial charge in [-0.3, -0.25) is 0 Å². The van der Waals surface area contributed by atoms with Gasteiger partial charge in [0.1, 0.15) is 0 Å². The zero-order valence-electron chi connectivity index (χ0n) is 13.2. The number of unbranched alkanes of at least 4 members (excludes halogenated alkanes) is 5. The minimum atomic E-state index is -0.521. The normalized spacial score (nSPS) is 10.3. The fourth-order valence-corrected chi connectivity index (χ4v) is 2.10. The molecule has 0 radical (unpaired) electrons. The first-order valence-electron chi connectivity index (χ1n) is 8.16. The van der Waals surface area contributed by atoms with E-state index in [1.165, 1.54) is 24.8 Å². The Bertz CT molecular complexity index is 362. The van der Waals surface area contributed by atoms with E-state index >= 15 is 0 Å². The van der Waals surface area contributed by atoms with Gasteiger partial charge in [0.2, 0.25) is 0 Å². The Balaban J connectivity index is 1.85. The molecule has 3 heteroatoms. The molecule has 0 bridgehead atoms. The Labute approximate surface area is 128 Å². The zero-order valence-corrected chi connectivity index (χ0v) is 13.2. The Morgan fingerprint density at radius 2 is 1.48 bits per heavy atom. The van der Waals surface area contributed by atoms with E-state index in [0.717, 1.165) is 32.1 Å². The second-order valence-electron chi connectivity index (χ2n) is 5.30. The van der Waals surface area contributed by atoms with Crippen LogP contribution in [0.2, 0.25) is 0 Å². The van der Waals surface area contributed by atoms with Gasteiger partial charge in [0.25, 0.3) is 0 Å². The van der Waals surface area contributed by atoms with Crippen molar-refractivity contribution in [3.05, 3.63) is 35.9 Å². The van der Waals surface area contributed by atoms with Gasteiger partial charge in [-0.25, -0.2) is 4.79 Å². The monoisotopic (exact) mass is 292 g/mol. The van der Waals surface area contributed by atoms with Crippen LogP contribution in [0.25, 0.3) is 0 Å². The van der Waals surface area contributed by atoms with Crippen LogP contribution >= 0.6 is 0 Å². The quantitative estimate of drug-likeness (QED) is 0.419. The molecule has 0 saturated carbocycles. The smallest absolute Gasteiger partial charge is 0.434 e. The van der Waals surface area contributed by atoms with E-state index in [1.54, 1.807) is 0 Å². The first-order chi connectivity index (χ1) is 10.3. The lowest BCUT2D eigenvalue weighted by Crippen LogP contribution is -2.09. The third kappa shape index (κ3) is 9.94. The van der Waals surface area contributed by atoms with E-state index in [-0.39, 0.29) is 0 Å². The largest absolute Gasteiger partial charge is 0.508 e. The first kappa shape index (κ1) is 17.5. The molecule has 118 valence electrons. The summed E-state index contributed by atoms with van der Waals surface area (Å²) in [5.74, 6) is 0. The molecule has 0 fully saturated rings. The standard InChI is InChI=1S/C18H28O3/c1-2-3-15-20-18(19)21-16-11-6-4-5-8-12-17-13-9-7-10-14-17/h7,9-10,13-14H,2-6,8,11-12,15-16H2,1H3. The molecular formula is C18H28O3. The van der Waals surface area contributed by atoms with Gasteiger partial charge in [-0.1, -0.05) is 62.9 Å². The van der Waals surface area contributed by atoms with Crippen molar-refractivity contribution in [1.82, 2.24) is 0 Å². The van der Waals surface area contributed by atoms with Crippen molar-refractivity contribution in [2.45, 2.75) is 58.3 Å². The molecule has 0 unspecified atom stereocenters. The molecule has 1 rings (SSSR count). The molecule has 0 aliphatic heterocycles. The molecule has 0 atom stereocenters. The predicted octanol–water partition coefficient (Wildman–Crippen LogP) is 5.13. The maximum Gasteiger partial charge on any atom is 0.508 e. The second kappa shape index (κ2) is 12.2. The van der Waals surface area contributed by atoms with Crippen LogP contribution in [0.15, 0.2) is 30.3 Å². The summed E-state index contributed by atoms with van der Waals surface area (Å²) >= 11 is 0. The molecule has 1 aromatic carbocycles. The van der Waals surface area contributed by atoms with Crippen molar-refractivity contribution in [3.63, 3.8) is 0 Å². The van der Waals surface area contributed by atoms with Crippen LogP contribution in [0.3, 0.4) is 0 Å². The number of carbonyl (C=O) groups excluding carboxylic acids is 1. The number of aryl methyl sites for hydroxylation is 1. The maximum atomic E-state index is 11.2. The number of rotatable bonds is 11. The van der Waals surface area contributed by atoms with E-state index in [9.17, 15) is 4.79 Å². The van der Waals surface area contributed by atoms with Gasteiger partial charge in [0, 0.05) is 0 Å². The van der Waals surface area contributed by atoms with Gasteiger partial charge in [-0.05, 0) is 31.2 Å². The van der Waals surface area contributed by atoms with Gasteiger partial charge >= 0.3 is 6.16 Å². The van der Waals surface area contributed by atoms with E-state index < -0.39 is 6.16 Å². The van der Waals surface area contributed by atoms with Crippen LogP contribution in [-0.4, -0.2) is 19.4 Å². The molecule has 0 amide bonds. The molecule has 0 heterocycles. The fraction of sp³-hybridized carbons (Fsp3) is 0.611. The third-order valence-electron chi connectivity index (χ3n) is 3.39. The molecule has 0 aliphatic rings. The summed E-state index contributed by atoms with van der Waals surface area (Å²) < 4.78 is 9.92. The number of hydrogen-bond acceptors (Lipinski definition) is 3. The first-order valence-corrected chi connectivity index (χ1v) is 8.16. The number of ether oxygens (including phenoxy) is 2. The van der Waals surface area contributed by atoms with Crippen molar-refractivity contribution in [3.8, 4) is 0 Å². The highest BCUT2D eigenvalue weighted by atomic mass is 16.7. The van der Waals surface area contributed by atoms with E-state index in [0.29, 0.717) is 13.2 Å². The zero-order chi connectivity index (χ0) is 15.2. The van der Waals surface area contributed by atoms with Gasteiger partial charge in [0.05, 0.1) is 13.2 Å². The Morgan fingerprint density at radius 3 is 2.19 bits per heavy atom. The third-order valence-corrected chi connectivity index (χ3v) is 3.39. The molecule has 3 nitrogen and oxygen atoms in total. The average Bonchev–Trinajstić information content (AvgIpc) is 2.51. The van der Waals surface area contributed by atoms with Crippen LogP contribution < -0.4 is 0 Å². The summed E-state index contributed by atoms with van der Waals surface area (Å²) in [6.45, 7) is 3.00. The highest BCUT2D eigenvalue weighted by Gasteiger charge is 2.02. The van der Waals surface area contributed by atoms with Crippen LogP contribution in [0.1, 0.15) is 57.4 Å².